The SMILES string of the molecule is CC(CNC1CCCN(C)CC1)CN1CCCCC1. The highest BCUT2D eigenvalue weighted by atomic mass is 15.1. The van der Waals surface area contributed by atoms with Crippen molar-refractivity contribution in [2.45, 2.75) is 51.5 Å². The van der Waals surface area contributed by atoms with Crippen LogP contribution in [0, 0.1) is 5.92 Å². The predicted octanol–water partition coefficient (Wildman–Crippen LogP) is 2.18. The Balaban J connectivity index is 1.60. The quantitative estimate of drug-likeness (QED) is 0.824. The molecule has 19 heavy (non-hydrogen) atoms. The zero-order valence-electron chi connectivity index (χ0n) is 13.0. The Morgan fingerprint density at radius 1 is 1.00 bits per heavy atom. The van der Waals surface area contributed by atoms with Crippen LogP contribution >= 0.6 is 0 Å². The largest absolute Gasteiger partial charge is 0.314 e. The maximum absolute atomic E-state index is 3.82. The molecule has 3 nitrogen and oxygen atoms in total. The second-order valence-electron chi connectivity index (χ2n) is 6.81. The van der Waals surface area contributed by atoms with Crippen molar-refractivity contribution < 1.29 is 0 Å². The van der Waals surface area contributed by atoms with Crippen LogP contribution in [0.15, 0.2) is 0 Å². The standard InChI is InChI=1S/C16H33N3/c1-15(14-19-10-4-3-5-11-19)13-17-16-7-6-9-18(2)12-8-16/h15-17H,3-14H2,1-2H3. The van der Waals surface area contributed by atoms with Crippen molar-refractivity contribution in [2.75, 3.05) is 46.3 Å². The van der Waals surface area contributed by atoms with Gasteiger partial charge in [0, 0.05) is 12.6 Å². The van der Waals surface area contributed by atoms with Gasteiger partial charge in [-0.2, -0.15) is 0 Å². The predicted molar refractivity (Wildman–Crippen MR) is 82.6 cm³/mol. The fraction of sp³-hybridized carbons (Fsp3) is 1.00. The molecular formula is C16H33N3. The van der Waals surface area contributed by atoms with Crippen molar-refractivity contribution in [2.24, 2.45) is 5.92 Å². The molecule has 2 unspecified atom stereocenters. The molecule has 2 heterocycles. The maximum atomic E-state index is 3.82. The van der Waals surface area contributed by atoms with E-state index in [0.717, 1.165) is 12.0 Å². The molecule has 1 N–H and O–H groups in total. The van der Waals surface area contributed by atoms with E-state index in [-0.39, 0.29) is 0 Å². The first-order chi connectivity index (χ1) is 9.24. The van der Waals surface area contributed by atoms with E-state index in [2.05, 4.69) is 29.1 Å². The van der Waals surface area contributed by atoms with Crippen LogP contribution in [0.2, 0.25) is 0 Å². The molecule has 0 aromatic carbocycles. The number of likely N-dealkylation sites (tertiary alicyclic amines) is 2. The van der Waals surface area contributed by atoms with Crippen LogP contribution < -0.4 is 5.32 Å². The van der Waals surface area contributed by atoms with E-state index < -0.39 is 0 Å². The summed E-state index contributed by atoms with van der Waals surface area (Å²) in [5.74, 6) is 0.791. The van der Waals surface area contributed by atoms with Crippen molar-refractivity contribution in [3.63, 3.8) is 0 Å². The molecule has 0 aliphatic carbocycles. The van der Waals surface area contributed by atoms with Crippen molar-refractivity contribution in [1.29, 1.82) is 0 Å². The Bertz CT molecular complexity index is 238. The smallest absolute Gasteiger partial charge is 0.00798 e. The number of nitrogens with one attached hydrogen (secondary N) is 1. The molecule has 2 aliphatic heterocycles. The van der Waals surface area contributed by atoms with E-state index in [4.69, 9.17) is 0 Å². The van der Waals surface area contributed by atoms with Crippen molar-refractivity contribution in [3.8, 4) is 0 Å². The van der Waals surface area contributed by atoms with Gasteiger partial charge in [-0.25, -0.2) is 0 Å². The minimum atomic E-state index is 0.758. The van der Waals surface area contributed by atoms with Gasteiger partial charge in [-0.15, -0.1) is 0 Å². The van der Waals surface area contributed by atoms with Gasteiger partial charge >= 0.3 is 0 Å². The highest BCUT2D eigenvalue weighted by Crippen LogP contribution is 2.12. The molecule has 2 rings (SSSR count). The van der Waals surface area contributed by atoms with Crippen molar-refractivity contribution in [1.82, 2.24) is 15.1 Å². The molecule has 3 heteroatoms. The highest BCUT2D eigenvalue weighted by Gasteiger charge is 2.17. The van der Waals surface area contributed by atoms with Gasteiger partial charge in [0.05, 0.1) is 0 Å². The number of nitrogens with zero attached hydrogens (tertiary/aromatic N) is 2. The lowest BCUT2D eigenvalue weighted by Crippen LogP contribution is -2.39. The lowest BCUT2D eigenvalue weighted by molar-refractivity contribution is 0.196. The molecule has 0 radical (unpaired) electrons. The molecule has 0 aromatic heterocycles. The van der Waals surface area contributed by atoms with Gasteiger partial charge in [0.2, 0.25) is 0 Å². The summed E-state index contributed by atoms with van der Waals surface area (Å²) in [6.07, 6.45) is 8.31. The minimum absolute atomic E-state index is 0.758. The summed E-state index contributed by atoms with van der Waals surface area (Å²) in [6, 6.07) is 0.758. The van der Waals surface area contributed by atoms with Crippen LogP contribution in [0.4, 0.5) is 0 Å². The molecule has 0 saturated carbocycles. The summed E-state index contributed by atoms with van der Waals surface area (Å²) in [5, 5.41) is 3.82. The van der Waals surface area contributed by atoms with Crippen molar-refractivity contribution in [3.05, 3.63) is 0 Å². The Labute approximate surface area is 119 Å². The first kappa shape index (κ1) is 15.3. The third kappa shape index (κ3) is 5.80. The lowest BCUT2D eigenvalue weighted by Gasteiger charge is -2.30. The van der Waals surface area contributed by atoms with E-state index >= 15 is 0 Å². The molecule has 2 fully saturated rings. The number of hydrogen-bond acceptors (Lipinski definition) is 3. The van der Waals surface area contributed by atoms with Gasteiger partial charge in [0.1, 0.15) is 0 Å². The van der Waals surface area contributed by atoms with Gasteiger partial charge in [-0.3, -0.25) is 0 Å². The lowest BCUT2D eigenvalue weighted by atomic mass is 10.1. The van der Waals surface area contributed by atoms with Crippen LogP contribution in [-0.4, -0.2) is 62.2 Å². The molecule has 2 atom stereocenters. The average Bonchev–Trinajstić information content (AvgIpc) is 2.62. The van der Waals surface area contributed by atoms with Gasteiger partial charge in [0.25, 0.3) is 0 Å². The van der Waals surface area contributed by atoms with Crippen LogP contribution in [0.3, 0.4) is 0 Å². The highest BCUT2D eigenvalue weighted by molar-refractivity contribution is 4.75. The van der Waals surface area contributed by atoms with Crippen LogP contribution in [0.1, 0.15) is 45.4 Å². The van der Waals surface area contributed by atoms with Gasteiger partial charge < -0.3 is 15.1 Å². The second kappa shape index (κ2) is 8.23. The molecule has 2 aliphatic rings. The van der Waals surface area contributed by atoms with E-state index in [9.17, 15) is 0 Å². The Morgan fingerprint density at radius 2 is 1.79 bits per heavy atom. The second-order valence-corrected chi connectivity index (χ2v) is 6.81. The minimum Gasteiger partial charge on any atom is -0.314 e. The van der Waals surface area contributed by atoms with E-state index in [1.807, 2.05) is 0 Å². The van der Waals surface area contributed by atoms with Crippen LogP contribution in [-0.2, 0) is 0 Å². The zero-order valence-corrected chi connectivity index (χ0v) is 13.0. The Morgan fingerprint density at radius 3 is 2.58 bits per heavy atom. The fourth-order valence-corrected chi connectivity index (χ4v) is 3.46. The maximum Gasteiger partial charge on any atom is 0.00798 e. The molecule has 0 bridgehead atoms. The monoisotopic (exact) mass is 267 g/mol. The van der Waals surface area contributed by atoms with Gasteiger partial charge in [-0.1, -0.05) is 13.3 Å². The number of piperidine rings is 1. The Kier molecular flexibility index (Phi) is 6.62. The van der Waals surface area contributed by atoms with Crippen molar-refractivity contribution >= 4 is 0 Å². The average molecular weight is 267 g/mol. The molecular weight excluding hydrogens is 234 g/mol. The normalized spacial score (nSPS) is 29.1. The molecule has 112 valence electrons. The first-order valence-electron chi connectivity index (χ1n) is 8.38. The molecule has 0 aromatic rings. The summed E-state index contributed by atoms with van der Waals surface area (Å²) in [4.78, 5) is 5.13. The molecule has 0 amide bonds. The number of rotatable bonds is 5. The molecule has 2 saturated heterocycles. The summed E-state index contributed by atoms with van der Waals surface area (Å²) >= 11 is 0. The zero-order chi connectivity index (χ0) is 13.5. The fourth-order valence-electron chi connectivity index (χ4n) is 3.46. The number of hydrogen-bond donors (Lipinski definition) is 1. The third-order valence-corrected chi connectivity index (χ3v) is 4.73. The van der Waals surface area contributed by atoms with E-state index in [1.165, 1.54) is 77.8 Å². The summed E-state index contributed by atoms with van der Waals surface area (Å²) in [6.45, 7) is 10.1. The van der Waals surface area contributed by atoms with Crippen LogP contribution in [0.5, 0.6) is 0 Å². The summed E-state index contributed by atoms with van der Waals surface area (Å²) in [5.41, 5.74) is 0. The summed E-state index contributed by atoms with van der Waals surface area (Å²) < 4.78 is 0. The topological polar surface area (TPSA) is 18.5 Å². The van der Waals surface area contributed by atoms with E-state index in [0.29, 0.717) is 0 Å². The first-order valence-corrected chi connectivity index (χ1v) is 8.38. The Hall–Kier alpha value is -0.120. The molecule has 0 spiro atoms. The third-order valence-electron chi connectivity index (χ3n) is 4.73. The summed E-state index contributed by atoms with van der Waals surface area (Å²) in [7, 11) is 2.25. The van der Waals surface area contributed by atoms with Crippen LogP contribution in [0.25, 0.3) is 0 Å². The van der Waals surface area contributed by atoms with Gasteiger partial charge in [-0.05, 0) is 77.8 Å². The van der Waals surface area contributed by atoms with E-state index in [1.54, 1.807) is 0 Å². The van der Waals surface area contributed by atoms with Gasteiger partial charge in [0.15, 0.2) is 0 Å².